The van der Waals surface area contributed by atoms with E-state index < -0.39 is 23.6 Å². The van der Waals surface area contributed by atoms with Crippen LogP contribution in [-0.4, -0.2) is 22.8 Å². The van der Waals surface area contributed by atoms with Gasteiger partial charge in [-0.15, -0.1) is 0 Å². The maximum atomic E-state index is 13.7. The molecule has 4 aliphatic carbocycles. The van der Waals surface area contributed by atoms with Crippen molar-refractivity contribution in [2.45, 2.75) is 56.7 Å². The Morgan fingerprint density at radius 2 is 1.20 bits per heavy atom. The van der Waals surface area contributed by atoms with E-state index >= 15 is 0 Å². The van der Waals surface area contributed by atoms with Crippen molar-refractivity contribution >= 4 is 0 Å². The van der Waals surface area contributed by atoms with Crippen LogP contribution in [0.2, 0.25) is 0 Å². The predicted octanol–water partition coefficient (Wildman–Crippen LogP) is 4.01. The summed E-state index contributed by atoms with van der Waals surface area (Å²) < 4.78 is 65.4. The first-order valence-electron chi connectivity index (χ1n) is 7.21. The number of rotatable bonds is 2. The molecule has 0 aromatic carbocycles. The third-order valence-corrected chi connectivity index (χ3v) is 5.87. The van der Waals surface area contributed by atoms with Crippen molar-refractivity contribution in [2.75, 3.05) is 0 Å². The molecule has 6 heteroatoms. The van der Waals surface area contributed by atoms with Crippen LogP contribution in [0.15, 0.2) is 0 Å². The van der Waals surface area contributed by atoms with Crippen LogP contribution in [0.25, 0.3) is 0 Å². The second-order valence-electron chi connectivity index (χ2n) is 7.18. The zero-order valence-corrected chi connectivity index (χ0v) is 11.3. The van der Waals surface area contributed by atoms with E-state index in [0.717, 1.165) is 6.42 Å². The summed E-state index contributed by atoms with van der Waals surface area (Å²) in [5.41, 5.74) is -3.01. The van der Waals surface area contributed by atoms with Crippen LogP contribution in [0, 0.1) is 29.6 Å². The highest BCUT2D eigenvalue weighted by atomic mass is 19.4. The van der Waals surface area contributed by atoms with Gasteiger partial charge in [0.15, 0.2) is 0 Å². The van der Waals surface area contributed by atoms with Crippen molar-refractivity contribution in [2.24, 2.45) is 29.6 Å². The van der Waals surface area contributed by atoms with Crippen LogP contribution in [0.4, 0.5) is 22.0 Å². The fourth-order valence-corrected chi connectivity index (χ4v) is 5.34. The summed E-state index contributed by atoms with van der Waals surface area (Å²) in [4.78, 5) is 0. The number of aliphatic hydroxyl groups is 1. The molecule has 4 bridgehead atoms. The maximum Gasteiger partial charge on any atom is 0.456 e. The van der Waals surface area contributed by atoms with Crippen LogP contribution in [-0.2, 0) is 0 Å². The van der Waals surface area contributed by atoms with Crippen molar-refractivity contribution < 1.29 is 27.1 Å². The standard InChI is InChI=1S/C14H19F5O/c1-12(20,13(15,16)14(17,18)19)11-9-3-7-2-8(5-9)6-10(11)4-7/h7-11,20H,2-6H2,1H3. The molecule has 116 valence electrons. The molecule has 0 saturated heterocycles. The van der Waals surface area contributed by atoms with E-state index in [1.54, 1.807) is 0 Å². The van der Waals surface area contributed by atoms with Crippen LogP contribution in [0.1, 0.15) is 39.0 Å². The van der Waals surface area contributed by atoms with Crippen LogP contribution in [0.3, 0.4) is 0 Å². The lowest BCUT2D eigenvalue weighted by Crippen LogP contribution is -2.65. The summed E-state index contributed by atoms with van der Waals surface area (Å²) >= 11 is 0. The smallest absolute Gasteiger partial charge is 0.383 e. The molecule has 0 radical (unpaired) electrons. The summed E-state index contributed by atoms with van der Waals surface area (Å²) in [6.07, 6.45) is -1.84. The Balaban J connectivity index is 1.92. The van der Waals surface area contributed by atoms with Gasteiger partial charge in [0.1, 0.15) is 5.60 Å². The van der Waals surface area contributed by atoms with Gasteiger partial charge in [-0.1, -0.05) is 0 Å². The average molecular weight is 298 g/mol. The summed E-state index contributed by atoms with van der Waals surface area (Å²) in [6, 6.07) is 0. The molecular formula is C14H19F5O. The van der Waals surface area contributed by atoms with Gasteiger partial charge >= 0.3 is 12.1 Å². The SMILES string of the molecule is CC(O)(C1C2CC3CC(C2)CC1C3)C(F)(F)C(F)(F)F. The molecule has 20 heavy (non-hydrogen) atoms. The van der Waals surface area contributed by atoms with E-state index in [1.807, 2.05) is 0 Å². The first-order valence-corrected chi connectivity index (χ1v) is 7.21. The minimum Gasteiger partial charge on any atom is -0.383 e. The number of halogens is 5. The molecule has 0 aromatic rings. The molecule has 1 unspecified atom stereocenters. The van der Waals surface area contributed by atoms with Gasteiger partial charge in [0.2, 0.25) is 0 Å². The molecule has 0 amide bonds. The Morgan fingerprint density at radius 1 is 0.800 bits per heavy atom. The normalized spacial score (nSPS) is 43.6. The van der Waals surface area contributed by atoms with Gasteiger partial charge in [-0.05, 0) is 68.6 Å². The Labute approximate surface area is 114 Å². The molecule has 1 nitrogen and oxygen atoms in total. The summed E-state index contributed by atoms with van der Waals surface area (Å²) in [7, 11) is 0. The third kappa shape index (κ3) is 1.82. The topological polar surface area (TPSA) is 20.2 Å². The summed E-state index contributed by atoms with van der Waals surface area (Å²) in [6.45, 7) is 0.688. The molecule has 1 N–H and O–H groups in total. The Kier molecular flexibility index (Phi) is 2.97. The number of alkyl halides is 5. The molecule has 4 rings (SSSR count). The highest BCUT2D eigenvalue weighted by Crippen LogP contribution is 2.62. The molecule has 1 atom stereocenters. The minimum absolute atomic E-state index is 0.186. The average Bonchev–Trinajstić information content (AvgIpc) is 2.24. The van der Waals surface area contributed by atoms with Gasteiger partial charge in [0.05, 0.1) is 0 Å². The van der Waals surface area contributed by atoms with Crippen LogP contribution >= 0.6 is 0 Å². The molecule has 0 heterocycles. The zero-order valence-electron chi connectivity index (χ0n) is 11.3. The second kappa shape index (κ2) is 4.08. The first-order chi connectivity index (χ1) is 9.04. The molecule has 0 spiro atoms. The highest BCUT2D eigenvalue weighted by molar-refractivity contribution is 5.09. The van der Waals surface area contributed by atoms with Gasteiger partial charge in [-0.2, -0.15) is 22.0 Å². The maximum absolute atomic E-state index is 13.7. The largest absolute Gasteiger partial charge is 0.456 e. The lowest BCUT2D eigenvalue weighted by atomic mass is 9.48. The summed E-state index contributed by atoms with van der Waals surface area (Å²) in [5, 5.41) is 10.1. The third-order valence-electron chi connectivity index (χ3n) is 5.87. The van der Waals surface area contributed by atoms with Crippen molar-refractivity contribution in [1.29, 1.82) is 0 Å². The van der Waals surface area contributed by atoms with E-state index in [0.29, 0.717) is 44.4 Å². The number of hydrogen-bond donors (Lipinski definition) is 1. The lowest BCUT2D eigenvalue weighted by Gasteiger charge is -2.58. The van der Waals surface area contributed by atoms with Gasteiger partial charge in [-0.3, -0.25) is 0 Å². The van der Waals surface area contributed by atoms with Crippen molar-refractivity contribution in [3.05, 3.63) is 0 Å². The lowest BCUT2D eigenvalue weighted by molar-refractivity contribution is -0.359. The fourth-order valence-electron chi connectivity index (χ4n) is 5.34. The predicted molar refractivity (Wildman–Crippen MR) is 62.2 cm³/mol. The van der Waals surface area contributed by atoms with Crippen LogP contribution in [0.5, 0.6) is 0 Å². The van der Waals surface area contributed by atoms with Crippen LogP contribution < -0.4 is 0 Å². The molecular weight excluding hydrogens is 279 g/mol. The molecule has 4 fully saturated rings. The molecule has 4 saturated carbocycles. The Bertz CT molecular complexity index is 373. The van der Waals surface area contributed by atoms with Crippen molar-refractivity contribution in [1.82, 2.24) is 0 Å². The Morgan fingerprint density at radius 3 is 1.55 bits per heavy atom. The molecule has 4 aliphatic rings. The minimum atomic E-state index is -5.70. The van der Waals surface area contributed by atoms with Gasteiger partial charge in [-0.25, -0.2) is 0 Å². The zero-order chi connectivity index (χ0) is 14.9. The van der Waals surface area contributed by atoms with Crippen molar-refractivity contribution in [3.63, 3.8) is 0 Å². The Hall–Kier alpha value is -0.390. The monoisotopic (exact) mass is 298 g/mol. The first kappa shape index (κ1) is 14.5. The van der Waals surface area contributed by atoms with E-state index in [2.05, 4.69) is 0 Å². The fraction of sp³-hybridized carbons (Fsp3) is 1.00. The van der Waals surface area contributed by atoms with E-state index in [1.165, 1.54) is 0 Å². The second-order valence-corrected chi connectivity index (χ2v) is 7.18. The van der Waals surface area contributed by atoms with Gasteiger partial charge < -0.3 is 5.11 Å². The van der Waals surface area contributed by atoms with E-state index in [4.69, 9.17) is 0 Å². The van der Waals surface area contributed by atoms with Gasteiger partial charge in [0, 0.05) is 0 Å². The quantitative estimate of drug-likeness (QED) is 0.764. The van der Waals surface area contributed by atoms with Crippen molar-refractivity contribution in [3.8, 4) is 0 Å². The van der Waals surface area contributed by atoms with Gasteiger partial charge in [0.25, 0.3) is 0 Å². The van der Waals surface area contributed by atoms with E-state index in [9.17, 15) is 27.1 Å². The number of hydrogen-bond acceptors (Lipinski definition) is 1. The molecule has 0 aliphatic heterocycles. The summed E-state index contributed by atoms with van der Waals surface area (Å²) in [5.74, 6) is -5.44. The highest BCUT2D eigenvalue weighted by Gasteiger charge is 2.72. The van der Waals surface area contributed by atoms with E-state index in [-0.39, 0.29) is 11.8 Å². The molecule has 0 aromatic heterocycles.